The standard InChI is InChI=1S/C21H22ClN3O/c1-25(2,3)15-18-10-7-13-24(18)20-12-11-17(22)14-19(20)21(23-26)16-8-5-4-6-9-16/h4-14H,15H2,1-3H3/p+1/b23-21-. The molecule has 1 aromatic heterocycles. The Labute approximate surface area is 159 Å². The average molecular weight is 369 g/mol. The second-order valence-corrected chi connectivity index (χ2v) is 7.73. The number of halogens is 1. The predicted molar refractivity (Wildman–Crippen MR) is 106 cm³/mol. The van der Waals surface area contributed by atoms with Gasteiger partial charge in [0, 0.05) is 22.3 Å². The highest BCUT2D eigenvalue weighted by atomic mass is 35.5. The van der Waals surface area contributed by atoms with E-state index in [-0.39, 0.29) is 0 Å². The van der Waals surface area contributed by atoms with Gasteiger partial charge in [0.2, 0.25) is 0 Å². The Morgan fingerprint density at radius 3 is 2.42 bits per heavy atom. The Hall–Kier alpha value is -2.56. The second-order valence-electron chi connectivity index (χ2n) is 7.29. The SMILES string of the molecule is C[N+](C)(C)Cc1cccn1-c1ccc(Cl)cc1/C(=N\O)c1ccccc1. The number of nitrogens with zero attached hydrogens (tertiary/aromatic N) is 3. The summed E-state index contributed by atoms with van der Waals surface area (Å²) in [5.74, 6) is 0. The van der Waals surface area contributed by atoms with Gasteiger partial charge in [0.05, 0.1) is 32.5 Å². The molecule has 3 rings (SSSR count). The highest BCUT2D eigenvalue weighted by molar-refractivity contribution is 6.31. The summed E-state index contributed by atoms with van der Waals surface area (Å²) in [5.41, 5.74) is 4.21. The summed E-state index contributed by atoms with van der Waals surface area (Å²) >= 11 is 6.26. The molecule has 0 fully saturated rings. The maximum Gasteiger partial charge on any atom is 0.119 e. The van der Waals surface area contributed by atoms with Crippen molar-refractivity contribution in [3.8, 4) is 5.69 Å². The third-order valence-electron chi connectivity index (χ3n) is 4.09. The van der Waals surface area contributed by atoms with Crippen molar-refractivity contribution in [3.05, 3.63) is 88.7 Å². The Morgan fingerprint density at radius 2 is 1.77 bits per heavy atom. The first-order valence-electron chi connectivity index (χ1n) is 8.43. The molecule has 3 aromatic rings. The summed E-state index contributed by atoms with van der Waals surface area (Å²) in [5, 5.41) is 13.9. The average Bonchev–Trinajstić information content (AvgIpc) is 3.03. The Balaban J connectivity index is 2.15. The van der Waals surface area contributed by atoms with Gasteiger partial charge in [0.25, 0.3) is 0 Å². The summed E-state index contributed by atoms with van der Waals surface area (Å²) < 4.78 is 2.94. The van der Waals surface area contributed by atoms with Crippen molar-refractivity contribution in [3.63, 3.8) is 0 Å². The largest absolute Gasteiger partial charge is 0.410 e. The summed E-state index contributed by atoms with van der Waals surface area (Å²) in [7, 11) is 6.47. The van der Waals surface area contributed by atoms with Gasteiger partial charge in [-0.2, -0.15) is 0 Å². The topological polar surface area (TPSA) is 37.5 Å². The van der Waals surface area contributed by atoms with Crippen LogP contribution in [0.2, 0.25) is 5.02 Å². The molecule has 0 unspecified atom stereocenters. The summed E-state index contributed by atoms with van der Waals surface area (Å²) in [4.78, 5) is 0. The summed E-state index contributed by atoms with van der Waals surface area (Å²) in [6.45, 7) is 0.867. The van der Waals surface area contributed by atoms with Crippen LogP contribution in [0, 0.1) is 0 Å². The van der Waals surface area contributed by atoms with Crippen molar-refractivity contribution in [1.82, 2.24) is 4.57 Å². The number of hydrogen-bond donors (Lipinski definition) is 1. The molecule has 1 heterocycles. The smallest absolute Gasteiger partial charge is 0.119 e. The van der Waals surface area contributed by atoms with Crippen LogP contribution in [-0.4, -0.2) is 41.1 Å². The number of oxime groups is 1. The zero-order chi connectivity index (χ0) is 18.7. The lowest BCUT2D eigenvalue weighted by atomic mass is 10.0. The molecule has 0 saturated carbocycles. The van der Waals surface area contributed by atoms with Crippen molar-refractivity contribution in [2.24, 2.45) is 5.16 Å². The number of aromatic nitrogens is 1. The van der Waals surface area contributed by atoms with Crippen LogP contribution in [0.1, 0.15) is 16.8 Å². The van der Waals surface area contributed by atoms with E-state index in [4.69, 9.17) is 11.6 Å². The fourth-order valence-corrected chi connectivity index (χ4v) is 3.21. The second kappa shape index (κ2) is 7.36. The lowest BCUT2D eigenvalue weighted by Gasteiger charge is -2.25. The molecule has 0 aliphatic rings. The van der Waals surface area contributed by atoms with E-state index in [2.05, 4.69) is 36.9 Å². The number of hydrogen-bond acceptors (Lipinski definition) is 2. The maximum absolute atomic E-state index is 9.73. The molecule has 134 valence electrons. The molecule has 26 heavy (non-hydrogen) atoms. The number of quaternary nitrogens is 1. The van der Waals surface area contributed by atoms with Crippen LogP contribution >= 0.6 is 11.6 Å². The van der Waals surface area contributed by atoms with E-state index in [1.54, 1.807) is 0 Å². The van der Waals surface area contributed by atoms with Crippen molar-refractivity contribution < 1.29 is 9.69 Å². The molecular weight excluding hydrogens is 346 g/mol. The Kier molecular flexibility index (Phi) is 5.16. The van der Waals surface area contributed by atoms with Crippen LogP contribution in [0.5, 0.6) is 0 Å². The minimum atomic E-state index is 0.494. The monoisotopic (exact) mass is 368 g/mol. The van der Waals surface area contributed by atoms with Gasteiger partial charge in [-0.1, -0.05) is 47.1 Å². The van der Waals surface area contributed by atoms with E-state index in [0.717, 1.165) is 27.8 Å². The molecule has 0 atom stereocenters. The number of rotatable bonds is 5. The van der Waals surface area contributed by atoms with E-state index >= 15 is 0 Å². The number of benzene rings is 2. The first-order chi connectivity index (χ1) is 12.4. The third kappa shape index (κ3) is 3.98. The first-order valence-corrected chi connectivity index (χ1v) is 8.81. The molecule has 0 spiro atoms. The maximum atomic E-state index is 9.73. The van der Waals surface area contributed by atoms with E-state index < -0.39 is 0 Å². The van der Waals surface area contributed by atoms with Gasteiger partial charge in [0.15, 0.2) is 0 Å². The van der Waals surface area contributed by atoms with E-state index in [1.165, 1.54) is 5.69 Å². The first kappa shape index (κ1) is 18.2. The van der Waals surface area contributed by atoms with Gasteiger partial charge >= 0.3 is 0 Å². The van der Waals surface area contributed by atoms with Gasteiger partial charge in [-0.05, 0) is 30.3 Å². The van der Waals surface area contributed by atoms with Crippen molar-refractivity contribution in [2.75, 3.05) is 21.1 Å². The lowest BCUT2D eigenvalue weighted by Crippen LogP contribution is -2.34. The highest BCUT2D eigenvalue weighted by Crippen LogP contribution is 2.25. The molecule has 0 radical (unpaired) electrons. The van der Waals surface area contributed by atoms with Crippen LogP contribution in [0.4, 0.5) is 0 Å². The van der Waals surface area contributed by atoms with Crippen LogP contribution in [0.15, 0.2) is 72.0 Å². The molecule has 0 saturated heterocycles. The highest BCUT2D eigenvalue weighted by Gasteiger charge is 2.18. The van der Waals surface area contributed by atoms with Gasteiger partial charge < -0.3 is 14.3 Å². The normalized spacial score (nSPS) is 12.4. The van der Waals surface area contributed by atoms with Crippen LogP contribution in [-0.2, 0) is 6.54 Å². The van der Waals surface area contributed by atoms with Crippen LogP contribution in [0.25, 0.3) is 5.69 Å². The van der Waals surface area contributed by atoms with Gasteiger partial charge in [0.1, 0.15) is 12.3 Å². The van der Waals surface area contributed by atoms with E-state index in [0.29, 0.717) is 10.7 Å². The zero-order valence-electron chi connectivity index (χ0n) is 15.2. The molecular formula is C21H23ClN3O+. The third-order valence-corrected chi connectivity index (χ3v) is 4.33. The zero-order valence-corrected chi connectivity index (χ0v) is 16.0. The van der Waals surface area contributed by atoms with Crippen LogP contribution < -0.4 is 0 Å². The quantitative estimate of drug-likeness (QED) is 0.305. The fourth-order valence-electron chi connectivity index (χ4n) is 3.04. The van der Waals surface area contributed by atoms with Gasteiger partial charge in [-0.25, -0.2) is 0 Å². The summed E-state index contributed by atoms with van der Waals surface area (Å²) in [6, 6.07) is 19.4. The molecule has 2 aromatic carbocycles. The molecule has 1 N–H and O–H groups in total. The Morgan fingerprint density at radius 1 is 1.04 bits per heavy atom. The van der Waals surface area contributed by atoms with Crippen LogP contribution in [0.3, 0.4) is 0 Å². The Bertz CT molecular complexity index is 924. The van der Waals surface area contributed by atoms with Crippen molar-refractivity contribution >= 4 is 17.3 Å². The molecule has 0 aliphatic carbocycles. The molecule has 0 amide bonds. The summed E-state index contributed by atoms with van der Waals surface area (Å²) in [6.07, 6.45) is 2.03. The van der Waals surface area contributed by atoms with Gasteiger partial charge in [-0.3, -0.25) is 0 Å². The molecule has 0 aliphatic heterocycles. The minimum absolute atomic E-state index is 0.494. The van der Waals surface area contributed by atoms with Crippen molar-refractivity contribution in [2.45, 2.75) is 6.54 Å². The fraction of sp³-hybridized carbons (Fsp3) is 0.190. The van der Waals surface area contributed by atoms with Crippen molar-refractivity contribution in [1.29, 1.82) is 0 Å². The molecule has 4 nitrogen and oxygen atoms in total. The lowest BCUT2D eigenvalue weighted by molar-refractivity contribution is -0.884. The molecule has 0 bridgehead atoms. The predicted octanol–water partition coefficient (Wildman–Crippen LogP) is 4.56. The van der Waals surface area contributed by atoms with E-state index in [1.807, 2.05) is 60.8 Å². The molecule has 5 heteroatoms. The minimum Gasteiger partial charge on any atom is -0.410 e. The van der Waals surface area contributed by atoms with Gasteiger partial charge in [-0.15, -0.1) is 0 Å². The van der Waals surface area contributed by atoms with E-state index in [9.17, 15) is 5.21 Å².